The van der Waals surface area contributed by atoms with Crippen LogP contribution in [0, 0.1) is 5.92 Å². The molecule has 0 spiro atoms. The fraction of sp³-hybridized carbons (Fsp3) is 0.480. The van der Waals surface area contributed by atoms with E-state index in [1.165, 1.54) is 16.0 Å². The summed E-state index contributed by atoms with van der Waals surface area (Å²) in [5.74, 6) is 2.40. The quantitative estimate of drug-likeness (QED) is 0.703. The predicted octanol–water partition coefficient (Wildman–Crippen LogP) is 5.11. The van der Waals surface area contributed by atoms with E-state index in [1.807, 2.05) is 30.8 Å². The van der Waals surface area contributed by atoms with Crippen LogP contribution in [0.3, 0.4) is 0 Å². The second kappa shape index (κ2) is 9.13. The zero-order valence-corrected chi connectivity index (χ0v) is 18.8. The Morgan fingerprint density at radius 3 is 2.74 bits per heavy atom. The molecule has 164 valence electrons. The number of ether oxygens (including phenoxy) is 2. The summed E-state index contributed by atoms with van der Waals surface area (Å²) in [6.07, 6.45) is 2.99. The van der Waals surface area contributed by atoms with E-state index in [2.05, 4.69) is 40.5 Å². The molecule has 6 heteroatoms. The number of hydrogen-bond acceptors (Lipinski definition) is 5. The highest BCUT2D eigenvalue weighted by molar-refractivity contribution is 7.99. The molecule has 2 aromatic rings. The molecule has 1 amide bonds. The lowest BCUT2D eigenvalue weighted by atomic mass is 9.86. The van der Waals surface area contributed by atoms with E-state index in [0.717, 1.165) is 56.0 Å². The number of fused-ring (bicyclic) bond motifs is 4. The number of thioether (sulfide) groups is 1. The number of carbonyl (C=O) groups excluding carboxylic acids is 1. The lowest BCUT2D eigenvalue weighted by Gasteiger charge is -2.44. The van der Waals surface area contributed by atoms with Crippen molar-refractivity contribution >= 4 is 17.9 Å². The molecule has 2 bridgehead atoms. The first-order valence-corrected chi connectivity index (χ1v) is 12.4. The van der Waals surface area contributed by atoms with Crippen LogP contribution in [0.2, 0.25) is 0 Å². The van der Waals surface area contributed by atoms with Crippen LogP contribution in [0.25, 0.3) is 11.1 Å². The van der Waals surface area contributed by atoms with Crippen molar-refractivity contribution in [2.24, 2.45) is 5.92 Å². The van der Waals surface area contributed by atoms with Gasteiger partial charge >= 0.3 is 6.09 Å². The standard InChI is InChI=1S/C25H30N2O3S/c1-2-29-20-5-3-4-18(14-20)19-6-7-21-22(10-13-31-24(21)15-19)26-25(28)30-23-16-27-11-8-17(23)9-12-27/h3-7,14-15,17,22-23H,2,8-13,16H2,1H3,(H,26,28)/t22?,23-/m1/s1. The first-order valence-electron chi connectivity index (χ1n) is 11.4. The van der Waals surface area contributed by atoms with Gasteiger partial charge in [0, 0.05) is 17.2 Å². The van der Waals surface area contributed by atoms with Crippen LogP contribution < -0.4 is 10.1 Å². The van der Waals surface area contributed by atoms with Crippen LogP contribution in [-0.4, -0.2) is 49.1 Å². The highest BCUT2D eigenvalue weighted by atomic mass is 32.2. The zero-order valence-electron chi connectivity index (χ0n) is 18.0. The lowest BCUT2D eigenvalue weighted by Crippen LogP contribution is -2.52. The van der Waals surface area contributed by atoms with Gasteiger partial charge in [-0.15, -0.1) is 11.8 Å². The highest BCUT2D eigenvalue weighted by Crippen LogP contribution is 2.39. The number of amides is 1. The minimum Gasteiger partial charge on any atom is -0.494 e. The van der Waals surface area contributed by atoms with E-state index in [-0.39, 0.29) is 18.2 Å². The molecular formula is C25H30N2O3S. The summed E-state index contributed by atoms with van der Waals surface area (Å²) in [4.78, 5) is 16.3. The first kappa shape index (κ1) is 20.7. The number of rotatable bonds is 5. The van der Waals surface area contributed by atoms with Crippen molar-refractivity contribution in [2.45, 2.75) is 43.2 Å². The first-order chi connectivity index (χ1) is 15.2. The van der Waals surface area contributed by atoms with Gasteiger partial charge in [0.05, 0.1) is 12.6 Å². The van der Waals surface area contributed by atoms with Crippen molar-refractivity contribution in [3.05, 3.63) is 48.0 Å². The Kier molecular flexibility index (Phi) is 6.10. The highest BCUT2D eigenvalue weighted by Gasteiger charge is 2.37. The smallest absolute Gasteiger partial charge is 0.407 e. The van der Waals surface area contributed by atoms with Gasteiger partial charge in [-0.05, 0) is 80.1 Å². The average Bonchev–Trinajstić information content (AvgIpc) is 2.80. The number of alkyl carbamates (subject to hydrolysis) is 1. The molecule has 1 unspecified atom stereocenters. The molecular weight excluding hydrogens is 408 g/mol. The maximum absolute atomic E-state index is 12.7. The number of piperidine rings is 3. The minimum atomic E-state index is -0.268. The molecule has 0 radical (unpaired) electrons. The summed E-state index contributed by atoms with van der Waals surface area (Å²) in [6.45, 7) is 5.84. The Morgan fingerprint density at radius 1 is 1.13 bits per heavy atom. The second-order valence-corrected chi connectivity index (χ2v) is 9.77. The van der Waals surface area contributed by atoms with Crippen LogP contribution in [-0.2, 0) is 4.74 Å². The van der Waals surface area contributed by atoms with Gasteiger partial charge in [-0.2, -0.15) is 0 Å². The van der Waals surface area contributed by atoms with Crippen molar-refractivity contribution < 1.29 is 14.3 Å². The largest absolute Gasteiger partial charge is 0.494 e. The van der Waals surface area contributed by atoms with E-state index in [0.29, 0.717) is 12.5 Å². The summed E-state index contributed by atoms with van der Waals surface area (Å²) in [7, 11) is 0. The van der Waals surface area contributed by atoms with E-state index in [4.69, 9.17) is 9.47 Å². The average molecular weight is 439 g/mol. The Hall–Kier alpha value is -2.18. The molecule has 4 aliphatic heterocycles. The van der Waals surface area contributed by atoms with Gasteiger partial charge < -0.3 is 14.8 Å². The molecule has 1 N–H and O–H groups in total. The second-order valence-electron chi connectivity index (χ2n) is 8.63. The molecule has 0 aliphatic carbocycles. The van der Waals surface area contributed by atoms with Gasteiger partial charge in [-0.25, -0.2) is 4.79 Å². The molecule has 6 rings (SSSR count). The fourth-order valence-corrected chi connectivity index (χ4v) is 6.17. The molecule has 4 aliphatic rings. The summed E-state index contributed by atoms with van der Waals surface area (Å²) < 4.78 is 11.5. The normalized spacial score (nSPS) is 26.7. The van der Waals surface area contributed by atoms with Crippen molar-refractivity contribution in [3.63, 3.8) is 0 Å². The summed E-state index contributed by atoms with van der Waals surface area (Å²) in [5, 5.41) is 3.15. The Bertz CT molecular complexity index is 942. The molecule has 2 atom stereocenters. The molecule has 5 nitrogen and oxygen atoms in total. The predicted molar refractivity (Wildman–Crippen MR) is 124 cm³/mol. The fourth-order valence-electron chi connectivity index (χ4n) is 5.01. The van der Waals surface area contributed by atoms with Crippen molar-refractivity contribution in [3.8, 4) is 16.9 Å². The third-order valence-electron chi connectivity index (χ3n) is 6.68. The van der Waals surface area contributed by atoms with E-state index in [9.17, 15) is 4.79 Å². The van der Waals surface area contributed by atoms with Crippen LogP contribution in [0.1, 0.15) is 37.8 Å². The van der Waals surface area contributed by atoms with E-state index < -0.39 is 0 Å². The van der Waals surface area contributed by atoms with E-state index >= 15 is 0 Å². The topological polar surface area (TPSA) is 50.8 Å². The maximum atomic E-state index is 12.7. The van der Waals surface area contributed by atoms with E-state index in [1.54, 1.807) is 0 Å². The Labute approximate surface area is 188 Å². The van der Waals surface area contributed by atoms with Gasteiger partial charge in [0.25, 0.3) is 0 Å². The van der Waals surface area contributed by atoms with Crippen LogP contribution in [0.15, 0.2) is 47.4 Å². The molecule has 0 saturated carbocycles. The van der Waals surface area contributed by atoms with Gasteiger partial charge in [0.2, 0.25) is 0 Å². The van der Waals surface area contributed by atoms with Crippen molar-refractivity contribution in [1.82, 2.24) is 10.2 Å². The summed E-state index contributed by atoms with van der Waals surface area (Å²) in [5.41, 5.74) is 3.50. The number of nitrogens with zero attached hydrogens (tertiary/aromatic N) is 1. The monoisotopic (exact) mass is 438 g/mol. The maximum Gasteiger partial charge on any atom is 0.407 e. The Morgan fingerprint density at radius 2 is 1.97 bits per heavy atom. The third-order valence-corrected chi connectivity index (χ3v) is 7.78. The van der Waals surface area contributed by atoms with Gasteiger partial charge in [-0.1, -0.05) is 24.3 Å². The third kappa shape index (κ3) is 4.55. The lowest BCUT2D eigenvalue weighted by molar-refractivity contribution is -0.0339. The van der Waals surface area contributed by atoms with Gasteiger partial charge in [0.15, 0.2) is 0 Å². The van der Waals surface area contributed by atoms with Crippen LogP contribution in [0.5, 0.6) is 5.75 Å². The molecule has 31 heavy (non-hydrogen) atoms. The zero-order chi connectivity index (χ0) is 21.2. The number of nitrogens with one attached hydrogen (secondary N) is 1. The molecule has 2 aromatic carbocycles. The molecule has 3 saturated heterocycles. The van der Waals surface area contributed by atoms with Gasteiger partial charge in [0.1, 0.15) is 11.9 Å². The van der Waals surface area contributed by atoms with Crippen molar-refractivity contribution in [2.75, 3.05) is 32.0 Å². The molecule has 0 aromatic heterocycles. The summed E-state index contributed by atoms with van der Waals surface area (Å²) in [6, 6.07) is 14.7. The molecule has 3 fully saturated rings. The number of hydrogen-bond donors (Lipinski definition) is 1. The van der Waals surface area contributed by atoms with Crippen LogP contribution >= 0.6 is 11.8 Å². The molecule has 4 heterocycles. The SMILES string of the molecule is CCOc1cccc(-c2ccc3c(c2)SCCC3NC(=O)O[C@@H]2CN3CCC2CC3)c1. The Balaban J connectivity index is 1.28. The number of benzene rings is 2. The number of carbonyl (C=O) groups is 1. The minimum absolute atomic E-state index is 0.00800. The van der Waals surface area contributed by atoms with Crippen molar-refractivity contribution in [1.29, 1.82) is 0 Å². The van der Waals surface area contributed by atoms with Crippen LogP contribution in [0.4, 0.5) is 4.79 Å². The summed E-state index contributed by atoms with van der Waals surface area (Å²) >= 11 is 1.86. The van der Waals surface area contributed by atoms with Gasteiger partial charge in [-0.3, -0.25) is 4.90 Å².